The third kappa shape index (κ3) is 3.73. The molecule has 1 fully saturated rings. The van der Waals surface area contributed by atoms with E-state index in [0.717, 1.165) is 42.2 Å². The number of thiophene rings is 1. The number of pyridine rings is 1. The number of hydrogen-bond donors (Lipinski definition) is 1. The second-order valence-corrected chi connectivity index (χ2v) is 7.62. The topological polar surface area (TPSA) is 74.2 Å². The lowest BCUT2D eigenvalue weighted by Crippen LogP contribution is -2.53. The van der Waals surface area contributed by atoms with Crippen molar-refractivity contribution in [2.45, 2.75) is 13.0 Å². The molecule has 3 aromatic heterocycles. The molecule has 4 heterocycles. The van der Waals surface area contributed by atoms with Gasteiger partial charge in [-0.2, -0.15) is 0 Å². The van der Waals surface area contributed by atoms with Crippen LogP contribution in [-0.2, 0) is 4.79 Å². The van der Waals surface area contributed by atoms with Crippen LogP contribution in [0.15, 0.2) is 36.1 Å². The Morgan fingerprint density at radius 2 is 2.04 bits per heavy atom. The minimum Gasteiger partial charge on any atom is -0.353 e. The Morgan fingerprint density at radius 1 is 1.22 bits per heavy atom. The summed E-state index contributed by atoms with van der Waals surface area (Å²) in [5.41, 5.74) is 0.537. The molecule has 9 heteroatoms. The molecule has 1 unspecified atom stereocenters. The zero-order valence-electron chi connectivity index (χ0n) is 14.8. The highest BCUT2D eigenvalue weighted by Crippen LogP contribution is 2.27. The number of hydrogen-bond acceptors (Lipinski definition) is 7. The van der Waals surface area contributed by atoms with Crippen molar-refractivity contribution in [3.8, 4) is 0 Å². The van der Waals surface area contributed by atoms with E-state index in [1.807, 2.05) is 12.3 Å². The second kappa shape index (κ2) is 7.75. The fraction of sp³-hybridized carbons (Fsp3) is 0.333. The average molecular weight is 403 g/mol. The Labute approximate surface area is 166 Å². The molecule has 1 N–H and O–H groups in total. The van der Waals surface area contributed by atoms with Gasteiger partial charge in [0.2, 0.25) is 5.91 Å². The highest BCUT2D eigenvalue weighted by molar-refractivity contribution is 7.16. The van der Waals surface area contributed by atoms with Gasteiger partial charge in [-0.05, 0) is 30.5 Å². The number of rotatable bonds is 4. The summed E-state index contributed by atoms with van der Waals surface area (Å²) < 4.78 is 0. The van der Waals surface area contributed by atoms with E-state index in [1.165, 1.54) is 0 Å². The first-order chi connectivity index (χ1) is 13.1. The average Bonchev–Trinajstić information content (AvgIpc) is 3.18. The molecular formula is C18H19ClN6OS. The SMILES string of the molecule is CC(C(=O)Nc1cccnc1Cl)N1CCN(c2ncnc3sccc23)CC1. The van der Waals surface area contributed by atoms with Gasteiger partial charge in [0.15, 0.2) is 5.15 Å². The maximum Gasteiger partial charge on any atom is 0.241 e. The van der Waals surface area contributed by atoms with Gasteiger partial charge in [-0.15, -0.1) is 11.3 Å². The first kappa shape index (κ1) is 18.1. The smallest absolute Gasteiger partial charge is 0.241 e. The monoisotopic (exact) mass is 402 g/mol. The van der Waals surface area contributed by atoms with E-state index in [2.05, 4.69) is 36.1 Å². The van der Waals surface area contributed by atoms with Crippen LogP contribution in [0.2, 0.25) is 5.15 Å². The van der Waals surface area contributed by atoms with E-state index in [-0.39, 0.29) is 11.9 Å². The second-order valence-electron chi connectivity index (χ2n) is 6.37. The minimum absolute atomic E-state index is 0.0828. The van der Waals surface area contributed by atoms with Crippen molar-refractivity contribution < 1.29 is 4.79 Å². The summed E-state index contributed by atoms with van der Waals surface area (Å²) >= 11 is 7.65. The van der Waals surface area contributed by atoms with Gasteiger partial charge in [0, 0.05) is 32.4 Å². The molecule has 0 bridgehead atoms. The number of anilines is 2. The van der Waals surface area contributed by atoms with Crippen LogP contribution in [0.25, 0.3) is 10.2 Å². The quantitative estimate of drug-likeness (QED) is 0.676. The van der Waals surface area contributed by atoms with E-state index in [9.17, 15) is 4.79 Å². The number of carbonyl (C=O) groups is 1. The summed E-state index contributed by atoms with van der Waals surface area (Å²) in [5.74, 6) is 0.890. The number of amides is 1. The Balaban J connectivity index is 1.39. The number of nitrogens with zero attached hydrogens (tertiary/aromatic N) is 5. The molecule has 1 atom stereocenters. The molecular weight excluding hydrogens is 384 g/mol. The Morgan fingerprint density at radius 3 is 2.81 bits per heavy atom. The van der Waals surface area contributed by atoms with Gasteiger partial charge >= 0.3 is 0 Å². The van der Waals surface area contributed by atoms with Gasteiger partial charge in [-0.1, -0.05) is 11.6 Å². The van der Waals surface area contributed by atoms with Crippen LogP contribution in [0, 0.1) is 0 Å². The fourth-order valence-corrected chi connectivity index (χ4v) is 4.13. The molecule has 0 radical (unpaired) electrons. The summed E-state index contributed by atoms with van der Waals surface area (Å²) in [6, 6.07) is 5.31. The van der Waals surface area contributed by atoms with Gasteiger partial charge in [-0.3, -0.25) is 9.69 Å². The van der Waals surface area contributed by atoms with E-state index in [1.54, 1.807) is 36.0 Å². The normalized spacial score (nSPS) is 16.4. The molecule has 4 rings (SSSR count). The Bertz CT molecular complexity index is 956. The zero-order valence-corrected chi connectivity index (χ0v) is 16.4. The summed E-state index contributed by atoms with van der Waals surface area (Å²) in [6.45, 7) is 5.10. The van der Waals surface area contributed by atoms with E-state index < -0.39 is 0 Å². The molecule has 1 saturated heterocycles. The van der Waals surface area contributed by atoms with Crippen LogP contribution < -0.4 is 10.2 Å². The highest BCUT2D eigenvalue weighted by atomic mass is 35.5. The molecule has 3 aromatic rings. The van der Waals surface area contributed by atoms with Gasteiger partial charge in [0.05, 0.1) is 17.1 Å². The third-order valence-corrected chi connectivity index (χ3v) is 5.92. The number of fused-ring (bicyclic) bond motifs is 1. The molecule has 1 aliphatic heterocycles. The molecule has 1 amide bonds. The van der Waals surface area contributed by atoms with Crippen LogP contribution in [0.1, 0.15) is 6.92 Å². The van der Waals surface area contributed by atoms with Gasteiger partial charge < -0.3 is 10.2 Å². The lowest BCUT2D eigenvalue weighted by molar-refractivity contribution is -0.120. The highest BCUT2D eigenvalue weighted by Gasteiger charge is 2.27. The first-order valence-corrected chi connectivity index (χ1v) is 9.98. The van der Waals surface area contributed by atoms with Crippen molar-refractivity contribution in [3.05, 3.63) is 41.3 Å². The summed E-state index contributed by atoms with van der Waals surface area (Å²) in [6.07, 6.45) is 3.21. The predicted molar refractivity (Wildman–Crippen MR) is 109 cm³/mol. The first-order valence-electron chi connectivity index (χ1n) is 8.72. The zero-order chi connectivity index (χ0) is 18.8. The number of aromatic nitrogens is 3. The summed E-state index contributed by atoms with van der Waals surface area (Å²) in [5, 5.41) is 6.29. The van der Waals surface area contributed by atoms with Crippen LogP contribution in [-0.4, -0.2) is 58.0 Å². The molecule has 1 aliphatic rings. The minimum atomic E-state index is -0.255. The van der Waals surface area contributed by atoms with E-state index in [4.69, 9.17) is 11.6 Å². The lowest BCUT2D eigenvalue weighted by atomic mass is 10.2. The Kier molecular flexibility index (Phi) is 5.20. The molecule has 140 valence electrons. The molecule has 0 aliphatic carbocycles. The number of nitrogens with one attached hydrogen (secondary N) is 1. The summed E-state index contributed by atoms with van der Waals surface area (Å²) in [7, 11) is 0. The van der Waals surface area contributed by atoms with Crippen molar-refractivity contribution in [1.82, 2.24) is 19.9 Å². The summed E-state index contributed by atoms with van der Waals surface area (Å²) in [4.78, 5) is 30.8. The molecule has 0 aromatic carbocycles. The number of carbonyl (C=O) groups excluding carboxylic acids is 1. The maximum atomic E-state index is 12.6. The predicted octanol–water partition coefficient (Wildman–Crippen LogP) is 2.89. The van der Waals surface area contributed by atoms with E-state index >= 15 is 0 Å². The number of piperazine rings is 1. The van der Waals surface area contributed by atoms with Crippen molar-refractivity contribution in [2.75, 3.05) is 36.4 Å². The van der Waals surface area contributed by atoms with Crippen LogP contribution >= 0.6 is 22.9 Å². The largest absolute Gasteiger partial charge is 0.353 e. The fourth-order valence-electron chi connectivity index (χ4n) is 3.23. The van der Waals surface area contributed by atoms with Crippen LogP contribution in [0.4, 0.5) is 11.5 Å². The van der Waals surface area contributed by atoms with Gasteiger partial charge in [0.1, 0.15) is 17.0 Å². The lowest BCUT2D eigenvalue weighted by Gasteiger charge is -2.38. The molecule has 0 spiro atoms. The molecule has 0 saturated carbocycles. The van der Waals surface area contributed by atoms with Crippen molar-refractivity contribution >= 4 is 50.6 Å². The van der Waals surface area contributed by atoms with Crippen molar-refractivity contribution in [3.63, 3.8) is 0 Å². The third-order valence-electron chi connectivity index (χ3n) is 4.80. The molecule has 27 heavy (non-hydrogen) atoms. The van der Waals surface area contributed by atoms with E-state index in [0.29, 0.717) is 10.8 Å². The number of halogens is 1. The maximum absolute atomic E-state index is 12.6. The van der Waals surface area contributed by atoms with Crippen molar-refractivity contribution in [1.29, 1.82) is 0 Å². The van der Waals surface area contributed by atoms with Gasteiger partial charge in [0.25, 0.3) is 0 Å². The molecule has 7 nitrogen and oxygen atoms in total. The Hall–Kier alpha value is -2.29. The van der Waals surface area contributed by atoms with Gasteiger partial charge in [-0.25, -0.2) is 15.0 Å². The van der Waals surface area contributed by atoms with Crippen LogP contribution in [0.5, 0.6) is 0 Å². The standard InChI is InChI=1S/C18H19ClN6OS/c1-12(17(26)23-14-3-2-5-20-15(14)19)24-6-8-25(9-7-24)16-13-4-10-27-18(13)22-11-21-16/h2-5,10-12H,6-9H2,1H3,(H,23,26). The van der Waals surface area contributed by atoms with Crippen molar-refractivity contribution in [2.24, 2.45) is 0 Å². The van der Waals surface area contributed by atoms with Crippen LogP contribution in [0.3, 0.4) is 0 Å².